The van der Waals surface area contributed by atoms with Crippen molar-refractivity contribution in [2.75, 3.05) is 13.1 Å². The second-order valence-corrected chi connectivity index (χ2v) is 8.08. The SMILES string of the molecule is O=C(c1csc(C2CC2)n1)N1CCC(n2c(=O)[nH]c3ccccc32)CC1. The van der Waals surface area contributed by atoms with Crippen molar-refractivity contribution in [1.82, 2.24) is 19.4 Å². The van der Waals surface area contributed by atoms with Crippen LogP contribution in [-0.4, -0.2) is 38.4 Å². The molecule has 3 heterocycles. The Morgan fingerprint density at radius 1 is 1.15 bits per heavy atom. The number of nitrogens with one attached hydrogen (secondary N) is 1. The molecular formula is C19H20N4O2S. The molecule has 134 valence electrons. The lowest BCUT2D eigenvalue weighted by Gasteiger charge is -2.32. The van der Waals surface area contributed by atoms with Crippen molar-refractivity contribution in [1.29, 1.82) is 0 Å². The zero-order valence-electron chi connectivity index (χ0n) is 14.4. The molecule has 1 saturated heterocycles. The number of hydrogen-bond donors (Lipinski definition) is 1. The van der Waals surface area contributed by atoms with Crippen molar-refractivity contribution in [3.8, 4) is 0 Å². The number of aromatic amines is 1. The summed E-state index contributed by atoms with van der Waals surface area (Å²) in [7, 11) is 0. The Hall–Kier alpha value is -2.41. The summed E-state index contributed by atoms with van der Waals surface area (Å²) in [6.45, 7) is 1.32. The summed E-state index contributed by atoms with van der Waals surface area (Å²) in [4.78, 5) is 34.4. The molecule has 0 radical (unpaired) electrons. The van der Waals surface area contributed by atoms with Gasteiger partial charge in [0.15, 0.2) is 0 Å². The Kier molecular flexibility index (Phi) is 3.70. The van der Waals surface area contributed by atoms with Crippen molar-refractivity contribution in [3.05, 3.63) is 50.8 Å². The second kappa shape index (κ2) is 6.09. The molecule has 0 bridgehead atoms. The van der Waals surface area contributed by atoms with Crippen LogP contribution in [0, 0.1) is 0 Å². The van der Waals surface area contributed by atoms with Gasteiger partial charge in [0, 0.05) is 30.4 Å². The van der Waals surface area contributed by atoms with Crippen LogP contribution in [0.3, 0.4) is 0 Å². The summed E-state index contributed by atoms with van der Waals surface area (Å²) in [5.74, 6) is 0.610. The van der Waals surface area contributed by atoms with Gasteiger partial charge < -0.3 is 9.88 Å². The van der Waals surface area contributed by atoms with Gasteiger partial charge in [-0.1, -0.05) is 12.1 Å². The lowest BCUT2D eigenvalue weighted by atomic mass is 10.0. The van der Waals surface area contributed by atoms with E-state index < -0.39 is 0 Å². The Bertz CT molecular complexity index is 1020. The van der Waals surface area contributed by atoms with Crippen LogP contribution in [0.15, 0.2) is 34.4 Å². The zero-order valence-corrected chi connectivity index (χ0v) is 15.2. The van der Waals surface area contributed by atoms with Gasteiger partial charge >= 0.3 is 5.69 Å². The molecule has 2 fully saturated rings. The third-order valence-electron chi connectivity index (χ3n) is 5.41. The summed E-state index contributed by atoms with van der Waals surface area (Å²) in [5.41, 5.74) is 2.33. The lowest BCUT2D eigenvalue weighted by Crippen LogP contribution is -2.40. The summed E-state index contributed by atoms with van der Waals surface area (Å²) in [5, 5.41) is 3.00. The minimum Gasteiger partial charge on any atom is -0.337 e. The molecule has 1 amide bonds. The van der Waals surface area contributed by atoms with Gasteiger partial charge in [0.2, 0.25) is 0 Å². The number of likely N-dealkylation sites (tertiary alicyclic amines) is 1. The van der Waals surface area contributed by atoms with Crippen LogP contribution in [-0.2, 0) is 0 Å². The standard InChI is InChI=1S/C19H20N4O2S/c24-18(15-11-26-17(20-15)12-5-6-12)22-9-7-13(8-10-22)23-16-4-2-1-3-14(16)21-19(23)25/h1-4,11-13H,5-10H2,(H,21,25). The molecule has 0 spiro atoms. The molecule has 26 heavy (non-hydrogen) atoms. The third kappa shape index (κ3) is 2.67. The minimum absolute atomic E-state index is 0.0258. The molecule has 7 heteroatoms. The first-order valence-corrected chi connectivity index (χ1v) is 10.0. The van der Waals surface area contributed by atoms with Gasteiger partial charge in [0.05, 0.1) is 16.0 Å². The van der Waals surface area contributed by atoms with Crippen LogP contribution in [0.2, 0.25) is 0 Å². The number of carbonyl (C=O) groups excluding carboxylic acids is 1. The highest BCUT2D eigenvalue weighted by Crippen LogP contribution is 2.41. The number of H-pyrrole nitrogens is 1. The van der Waals surface area contributed by atoms with E-state index in [9.17, 15) is 9.59 Å². The number of piperidine rings is 1. The first-order valence-electron chi connectivity index (χ1n) is 9.14. The smallest absolute Gasteiger partial charge is 0.326 e. The van der Waals surface area contributed by atoms with Gasteiger partial charge in [-0.05, 0) is 37.8 Å². The largest absolute Gasteiger partial charge is 0.337 e. The zero-order chi connectivity index (χ0) is 17.7. The molecule has 0 atom stereocenters. The summed E-state index contributed by atoms with van der Waals surface area (Å²) < 4.78 is 1.85. The summed E-state index contributed by atoms with van der Waals surface area (Å²) in [6.07, 6.45) is 3.97. The van der Waals surface area contributed by atoms with E-state index in [1.165, 1.54) is 12.8 Å². The van der Waals surface area contributed by atoms with Gasteiger partial charge in [-0.15, -0.1) is 11.3 Å². The number of thiazole rings is 1. The van der Waals surface area contributed by atoms with Crippen LogP contribution in [0.4, 0.5) is 0 Å². The van der Waals surface area contributed by atoms with E-state index >= 15 is 0 Å². The van der Waals surface area contributed by atoms with Crippen LogP contribution in [0.25, 0.3) is 11.0 Å². The van der Waals surface area contributed by atoms with Crippen LogP contribution >= 0.6 is 11.3 Å². The van der Waals surface area contributed by atoms with Crippen LogP contribution < -0.4 is 5.69 Å². The highest BCUT2D eigenvalue weighted by atomic mass is 32.1. The molecule has 1 saturated carbocycles. The molecule has 1 aromatic carbocycles. The maximum absolute atomic E-state index is 12.7. The molecule has 1 aliphatic heterocycles. The molecule has 1 aliphatic carbocycles. The van der Waals surface area contributed by atoms with Crippen molar-refractivity contribution < 1.29 is 4.79 Å². The monoisotopic (exact) mass is 368 g/mol. The summed E-state index contributed by atoms with van der Waals surface area (Å²) >= 11 is 1.61. The Balaban J connectivity index is 1.31. The fourth-order valence-electron chi connectivity index (χ4n) is 3.83. The number of rotatable bonds is 3. The number of benzene rings is 1. The highest BCUT2D eigenvalue weighted by Gasteiger charge is 2.30. The topological polar surface area (TPSA) is 71.0 Å². The number of para-hydroxylation sites is 2. The highest BCUT2D eigenvalue weighted by molar-refractivity contribution is 7.10. The molecule has 3 aromatic rings. The number of aromatic nitrogens is 3. The van der Waals surface area contributed by atoms with Crippen molar-refractivity contribution >= 4 is 28.3 Å². The Morgan fingerprint density at radius 2 is 1.92 bits per heavy atom. The number of fused-ring (bicyclic) bond motifs is 1. The van der Waals surface area contributed by atoms with E-state index in [1.54, 1.807) is 11.3 Å². The Morgan fingerprint density at radius 3 is 2.69 bits per heavy atom. The van der Waals surface area contributed by atoms with E-state index in [0.717, 1.165) is 28.9 Å². The maximum atomic E-state index is 12.7. The molecule has 5 rings (SSSR count). The Labute approximate surface area is 154 Å². The van der Waals surface area contributed by atoms with Gasteiger partial charge in [-0.2, -0.15) is 0 Å². The van der Waals surface area contributed by atoms with Crippen LogP contribution in [0.1, 0.15) is 53.1 Å². The molecule has 2 aliphatic rings. The third-order valence-corrected chi connectivity index (χ3v) is 6.42. The number of carbonyl (C=O) groups is 1. The van der Waals surface area contributed by atoms with Gasteiger partial charge in [-0.25, -0.2) is 9.78 Å². The van der Waals surface area contributed by atoms with E-state index in [-0.39, 0.29) is 17.6 Å². The average molecular weight is 368 g/mol. The number of amides is 1. The quantitative estimate of drug-likeness (QED) is 0.772. The van der Waals surface area contributed by atoms with Gasteiger partial charge in [0.25, 0.3) is 5.91 Å². The van der Waals surface area contributed by atoms with Crippen molar-refractivity contribution in [2.24, 2.45) is 0 Å². The lowest BCUT2D eigenvalue weighted by molar-refractivity contribution is 0.0689. The normalized spacial score (nSPS) is 18.5. The van der Waals surface area contributed by atoms with Crippen LogP contribution in [0.5, 0.6) is 0 Å². The number of imidazole rings is 1. The van der Waals surface area contributed by atoms with Gasteiger partial charge in [0.1, 0.15) is 5.69 Å². The van der Waals surface area contributed by atoms with E-state index in [2.05, 4.69) is 9.97 Å². The predicted molar refractivity (Wildman–Crippen MR) is 101 cm³/mol. The van der Waals surface area contributed by atoms with Crippen molar-refractivity contribution in [2.45, 2.75) is 37.6 Å². The first kappa shape index (κ1) is 15.8. The number of nitrogens with zero attached hydrogens (tertiary/aromatic N) is 3. The average Bonchev–Trinajstić information content (AvgIpc) is 3.29. The van der Waals surface area contributed by atoms with Crippen molar-refractivity contribution in [3.63, 3.8) is 0 Å². The molecule has 6 nitrogen and oxygen atoms in total. The number of hydrogen-bond acceptors (Lipinski definition) is 4. The predicted octanol–water partition coefficient (Wildman–Crippen LogP) is 3.14. The fourth-order valence-corrected chi connectivity index (χ4v) is 4.79. The van der Waals surface area contributed by atoms with E-state index in [4.69, 9.17) is 0 Å². The maximum Gasteiger partial charge on any atom is 0.326 e. The molecule has 0 unspecified atom stereocenters. The van der Waals surface area contributed by atoms with Gasteiger partial charge in [-0.3, -0.25) is 9.36 Å². The molecular weight excluding hydrogens is 348 g/mol. The molecule has 1 N–H and O–H groups in total. The van der Waals surface area contributed by atoms with E-state index in [1.807, 2.05) is 39.1 Å². The minimum atomic E-state index is -0.0652. The second-order valence-electron chi connectivity index (χ2n) is 7.19. The van der Waals surface area contributed by atoms with E-state index in [0.29, 0.717) is 24.7 Å². The molecule has 2 aromatic heterocycles. The fraction of sp³-hybridized carbons (Fsp3) is 0.421. The first-order chi connectivity index (χ1) is 12.7. The summed E-state index contributed by atoms with van der Waals surface area (Å²) in [6, 6.07) is 7.89.